The quantitative estimate of drug-likeness (QED) is 0.642. The first kappa shape index (κ1) is 16.4. The number of carbonyl (C=O) groups is 1. The SMILES string of the molecule is CCCOc1ccc(S(=O)(=O)NCCO)cc1C(=O)O. The van der Waals surface area contributed by atoms with Crippen LogP contribution in [-0.2, 0) is 10.0 Å². The van der Waals surface area contributed by atoms with Crippen molar-refractivity contribution in [3.05, 3.63) is 23.8 Å². The van der Waals surface area contributed by atoms with Gasteiger partial charge in [0.2, 0.25) is 10.0 Å². The summed E-state index contributed by atoms with van der Waals surface area (Å²) in [5.74, 6) is -1.14. The molecular weight excluding hydrogens is 286 g/mol. The molecule has 112 valence electrons. The van der Waals surface area contributed by atoms with Gasteiger partial charge < -0.3 is 14.9 Å². The van der Waals surface area contributed by atoms with Crippen LogP contribution in [0.1, 0.15) is 23.7 Å². The molecule has 1 aromatic carbocycles. The molecule has 0 aliphatic heterocycles. The summed E-state index contributed by atoms with van der Waals surface area (Å²) in [5.41, 5.74) is -0.217. The topological polar surface area (TPSA) is 113 Å². The number of nitrogens with one attached hydrogen (secondary N) is 1. The van der Waals surface area contributed by atoms with Crippen molar-refractivity contribution in [1.29, 1.82) is 0 Å². The molecule has 8 heteroatoms. The van der Waals surface area contributed by atoms with Crippen LogP contribution in [0.4, 0.5) is 0 Å². The Morgan fingerprint density at radius 1 is 1.40 bits per heavy atom. The first-order valence-corrected chi connectivity index (χ1v) is 7.51. The second kappa shape index (κ2) is 7.22. The van der Waals surface area contributed by atoms with Gasteiger partial charge in [-0.05, 0) is 24.6 Å². The third kappa shape index (κ3) is 4.19. The van der Waals surface area contributed by atoms with Crippen molar-refractivity contribution in [1.82, 2.24) is 4.72 Å². The van der Waals surface area contributed by atoms with Gasteiger partial charge in [0.05, 0.1) is 18.1 Å². The van der Waals surface area contributed by atoms with Gasteiger partial charge in [0.1, 0.15) is 11.3 Å². The zero-order valence-corrected chi connectivity index (χ0v) is 11.8. The lowest BCUT2D eigenvalue weighted by molar-refractivity contribution is 0.0692. The van der Waals surface area contributed by atoms with Gasteiger partial charge in [0.15, 0.2) is 0 Å². The molecule has 0 aromatic heterocycles. The van der Waals surface area contributed by atoms with Crippen molar-refractivity contribution in [3.63, 3.8) is 0 Å². The van der Waals surface area contributed by atoms with Crippen LogP contribution in [0.2, 0.25) is 0 Å². The zero-order valence-electron chi connectivity index (χ0n) is 11.0. The van der Waals surface area contributed by atoms with Crippen molar-refractivity contribution in [2.45, 2.75) is 18.2 Å². The number of benzene rings is 1. The maximum atomic E-state index is 11.8. The van der Waals surface area contributed by atoms with E-state index in [1.807, 2.05) is 6.92 Å². The van der Waals surface area contributed by atoms with E-state index in [0.29, 0.717) is 13.0 Å². The fourth-order valence-corrected chi connectivity index (χ4v) is 2.49. The van der Waals surface area contributed by atoms with E-state index in [9.17, 15) is 13.2 Å². The van der Waals surface area contributed by atoms with Crippen LogP contribution in [-0.4, -0.2) is 44.4 Å². The smallest absolute Gasteiger partial charge is 0.339 e. The standard InChI is InChI=1S/C12H17NO6S/c1-2-7-19-11-4-3-9(8-10(11)12(15)16)20(17,18)13-5-6-14/h3-4,8,13-14H,2,5-7H2,1H3,(H,15,16). The van der Waals surface area contributed by atoms with E-state index in [1.165, 1.54) is 12.1 Å². The lowest BCUT2D eigenvalue weighted by Gasteiger charge is -2.11. The predicted molar refractivity (Wildman–Crippen MR) is 71.5 cm³/mol. The Labute approximate surface area is 117 Å². The van der Waals surface area contributed by atoms with Crippen LogP contribution in [0.5, 0.6) is 5.75 Å². The molecule has 0 atom stereocenters. The average Bonchev–Trinajstić information content (AvgIpc) is 2.42. The number of hydrogen-bond acceptors (Lipinski definition) is 5. The summed E-state index contributed by atoms with van der Waals surface area (Å²) in [4.78, 5) is 11.0. The van der Waals surface area contributed by atoms with Crippen molar-refractivity contribution >= 4 is 16.0 Å². The minimum atomic E-state index is -3.84. The molecule has 0 saturated heterocycles. The minimum Gasteiger partial charge on any atom is -0.493 e. The van der Waals surface area contributed by atoms with Gasteiger partial charge >= 0.3 is 5.97 Å². The van der Waals surface area contributed by atoms with Gasteiger partial charge in [-0.1, -0.05) is 6.92 Å². The third-order valence-electron chi connectivity index (χ3n) is 2.36. The molecule has 0 fully saturated rings. The van der Waals surface area contributed by atoms with E-state index in [1.54, 1.807) is 0 Å². The molecule has 7 nitrogen and oxygen atoms in total. The highest BCUT2D eigenvalue weighted by Crippen LogP contribution is 2.23. The highest BCUT2D eigenvalue weighted by Gasteiger charge is 2.19. The third-order valence-corrected chi connectivity index (χ3v) is 3.82. The molecule has 0 aliphatic carbocycles. The Bertz CT molecular complexity index is 569. The fraction of sp³-hybridized carbons (Fsp3) is 0.417. The van der Waals surface area contributed by atoms with Gasteiger partial charge in [0, 0.05) is 6.54 Å². The molecule has 0 saturated carbocycles. The Morgan fingerprint density at radius 2 is 2.10 bits per heavy atom. The molecule has 20 heavy (non-hydrogen) atoms. The molecule has 0 amide bonds. The van der Waals surface area contributed by atoms with Crippen LogP contribution in [0.3, 0.4) is 0 Å². The molecule has 0 spiro atoms. The lowest BCUT2D eigenvalue weighted by Crippen LogP contribution is -2.26. The van der Waals surface area contributed by atoms with E-state index >= 15 is 0 Å². The molecule has 0 heterocycles. The predicted octanol–water partition coefficient (Wildman–Crippen LogP) is 0.444. The van der Waals surface area contributed by atoms with E-state index < -0.39 is 16.0 Å². The molecule has 0 bridgehead atoms. The summed E-state index contributed by atoms with van der Waals surface area (Å²) in [6, 6.07) is 3.61. The summed E-state index contributed by atoms with van der Waals surface area (Å²) in [5, 5.41) is 17.7. The number of ether oxygens (including phenoxy) is 1. The molecule has 3 N–H and O–H groups in total. The van der Waals surface area contributed by atoms with Crippen LogP contribution in [0, 0.1) is 0 Å². The van der Waals surface area contributed by atoms with E-state index in [-0.39, 0.29) is 29.4 Å². The van der Waals surface area contributed by atoms with Crippen LogP contribution < -0.4 is 9.46 Å². The number of rotatable bonds is 8. The first-order chi connectivity index (χ1) is 9.42. The van der Waals surface area contributed by atoms with Gasteiger partial charge in [0.25, 0.3) is 0 Å². The number of aliphatic hydroxyl groups is 1. The lowest BCUT2D eigenvalue weighted by atomic mass is 10.2. The monoisotopic (exact) mass is 303 g/mol. The summed E-state index contributed by atoms with van der Waals surface area (Å²) in [7, 11) is -3.84. The maximum absolute atomic E-state index is 11.8. The molecule has 1 rings (SSSR count). The molecule has 0 aliphatic rings. The van der Waals surface area contributed by atoms with Crippen LogP contribution in [0.15, 0.2) is 23.1 Å². The Morgan fingerprint density at radius 3 is 2.65 bits per heavy atom. The fourth-order valence-electron chi connectivity index (χ4n) is 1.44. The summed E-state index contributed by atoms with van der Waals surface area (Å²) in [6.45, 7) is 1.73. The number of hydrogen-bond donors (Lipinski definition) is 3. The summed E-state index contributed by atoms with van der Waals surface area (Å²) < 4.78 is 31.1. The zero-order chi connectivity index (χ0) is 15.2. The van der Waals surface area contributed by atoms with Crippen molar-refractivity contribution in [3.8, 4) is 5.75 Å². The van der Waals surface area contributed by atoms with Gasteiger partial charge in [-0.3, -0.25) is 0 Å². The number of carboxylic acid groups (broad SMARTS) is 1. The van der Waals surface area contributed by atoms with E-state index in [2.05, 4.69) is 4.72 Å². The second-order valence-corrected chi connectivity index (χ2v) is 5.70. The molecular formula is C12H17NO6S. The van der Waals surface area contributed by atoms with Crippen molar-refractivity contribution in [2.24, 2.45) is 0 Å². The largest absolute Gasteiger partial charge is 0.493 e. The maximum Gasteiger partial charge on any atom is 0.339 e. The summed E-state index contributed by atoms with van der Waals surface area (Å²) >= 11 is 0. The van der Waals surface area contributed by atoms with E-state index in [4.69, 9.17) is 14.9 Å². The van der Waals surface area contributed by atoms with Crippen LogP contribution >= 0.6 is 0 Å². The molecule has 0 radical (unpaired) electrons. The number of aromatic carboxylic acids is 1. The van der Waals surface area contributed by atoms with Crippen LogP contribution in [0.25, 0.3) is 0 Å². The first-order valence-electron chi connectivity index (χ1n) is 6.03. The van der Waals surface area contributed by atoms with Crippen molar-refractivity contribution in [2.75, 3.05) is 19.8 Å². The Balaban J connectivity index is 3.13. The van der Waals surface area contributed by atoms with E-state index in [0.717, 1.165) is 6.07 Å². The Hall–Kier alpha value is -1.64. The molecule has 0 unspecified atom stereocenters. The number of aliphatic hydroxyl groups excluding tert-OH is 1. The van der Waals surface area contributed by atoms with Gasteiger partial charge in [-0.2, -0.15) is 0 Å². The Kier molecular flexibility index (Phi) is 5.93. The molecule has 1 aromatic rings. The average molecular weight is 303 g/mol. The normalized spacial score (nSPS) is 11.3. The second-order valence-electron chi connectivity index (χ2n) is 3.93. The number of sulfonamides is 1. The summed E-state index contributed by atoms with van der Waals surface area (Å²) in [6.07, 6.45) is 0.706. The van der Waals surface area contributed by atoms with Gasteiger partial charge in [-0.25, -0.2) is 17.9 Å². The highest BCUT2D eigenvalue weighted by molar-refractivity contribution is 7.89. The van der Waals surface area contributed by atoms with Gasteiger partial charge in [-0.15, -0.1) is 0 Å². The minimum absolute atomic E-state index is 0.125. The van der Waals surface area contributed by atoms with Crippen molar-refractivity contribution < 1.29 is 28.2 Å². The number of carboxylic acids is 1. The highest BCUT2D eigenvalue weighted by atomic mass is 32.2.